The van der Waals surface area contributed by atoms with Crippen LogP contribution < -0.4 is 5.43 Å². The Labute approximate surface area is 117 Å². The summed E-state index contributed by atoms with van der Waals surface area (Å²) >= 11 is 0. The molecule has 0 saturated carbocycles. The molecule has 2 rings (SSSR count). The summed E-state index contributed by atoms with van der Waals surface area (Å²) in [5.41, 5.74) is 5.61. The first kappa shape index (κ1) is 13.3. The van der Waals surface area contributed by atoms with Crippen molar-refractivity contribution in [2.24, 2.45) is 5.10 Å². The molecule has 1 N–H and O–H groups in total. The molecule has 4 heteroatoms. The monoisotopic (exact) mass is 260 g/mol. The number of nitriles is 2. The highest BCUT2D eigenvalue weighted by atomic mass is 15.3. The minimum absolute atomic E-state index is 0.195. The van der Waals surface area contributed by atoms with Crippen LogP contribution in [-0.4, -0.2) is 5.71 Å². The van der Waals surface area contributed by atoms with Crippen molar-refractivity contribution in [2.75, 3.05) is 5.43 Å². The maximum atomic E-state index is 8.67. The van der Waals surface area contributed by atoms with Crippen LogP contribution in [0.15, 0.2) is 59.7 Å². The zero-order valence-electron chi connectivity index (χ0n) is 10.7. The van der Waals surface area contributed by atoms with E-state index in [0.29, 0.717) is 0 Å². The summed E-state index contributed by atoms with van der Waals surface area (Å²) in [6, 6.07) is 21.2. The summed E-state index contributed by atoms with van der Waals surface area (Å²) in [5, 5.41) is 21.1. The van der Waals surface area contributed by atoms with Crippen LogP contribution in [0.4, 0.5) is 5.69 Å². The normalized spacial score (nSPS) is 9.10. The predicted molar refractivity (Wildman–Crippen MR) is 78.0 cm³/mol. The number of hydrogen-bond acceptors (Lipinski definition) is 4. The molecule has 0 unspecified atom stereocenters. The van der Waals surface area contributed by atoms with Gasteiger partial charge in [0.25, 0.3) is 0 Å². The van der Waals surface area contributed by atoms with Gasteiger partial charge in [0.1, 0.15) is 12.1 Å². The Morgan fingerprint density at radius 3 is 2.30 bits per heavy atom. The maximum Gasteiger partial charge on any atom is 0.237 e. The summed E-state index contributed by atoms with van der Waals surface area (Å²) in [5.74, 6) is 0. The van der Waals surface area contributed by atoms with Crippen LogP contribution in [0.3, 0.4) is 0 Å². The van der Waals surface area contributed by atoms with Crippen molar-refractivity contribution in [3.63, 3.8) is 0 Å². The molecular formula is C16H12N4. The van der Waals surface area contributed by atoms with Gasteiger partial charge >= 0.3 is 0 Å². The molecule has 0 radical (unpaired) electrons. The van der Waals surface area contributed by atoms with Crippen LogP contribution in [0.5, 0.6) is 0 Å². The van der Waals surface area contributed by atoms with Crippen molar-refractivity contribution < 1.29 is 0 Å². The predicted octanol–water partition coefficient (Wildman–Crippen LogP) is 3.09. The molecule has 4 nitrogen and oxygen atoms in total. The summed E-state index contributed by atoms with van der Waals surface area (Å²) < 4.78 is 0. The summed E-state index contributed by atoms with van der Waals surface area (Å²) in [4.78, 5) is 0. The highest BCUT2D eigenvalue weighted by molar-refractivity contribution is 6.10. The lowest BCUT2D eigenvalue weighted by Gasteiger charge is -2.08. The molecular weight excluding hydrogens is 248 g/mol. The maximum absolute atomic E-state index is 8.67. The van der Waals surface area contributed by atoms with Crippen molar-refractivity contribution in [2.45, 2.75) is 6.42 Å². The van der Waals surface area contributed by atoms with Crippen LogP contribution in [-0.2, 0) is 6.42 Å². The van der Waals surface area contributed by atoms with E-state index in [9.17, 15) is 0 Å². The zero-order valence-corrected chi connectivity index (χ0v) is 10.7. The van der Waals surface area contributed by atoms with Crippen LogP contribution in [0.1, 0.15) is 11.1 Å². The molecule has 0 aliphatic heterocycles. The Hall–Kier alpha value is -3.11. The number of rotatable bonds is 4. The van der Waals surface area contributed by atoms with Crippen molar-refractivity contribution in [1.29, 1.82) is 10.5 Å². The third-order valence-electron chi connectivity index (χ3n) is 2.75. The van der Waals surface area contributed by atoms with Crippen LogP contribution >= 0.6 is 0 Å². The smallest absolute Gasteiger partial charge is 0.237 e. The van der Waals surface area contributed by atoms with Crippen LogP contribution in [0, 0.1) is 22.7 Å². The highest BCUT2D eigenvalue weighted by Crippen LogP contribution is 2.19. The molecule has 0 bridgehead atoms. The first-order chi connectivity index (χ1) is 9.83. The molecule has 0 heterocycles. The van der Waals surface area contributed by atoms with E-state index in [1.165, 1.54) is 5.56 Å². The summed E-state index contributed by atoms with van der Waals surface area (Å²) in [7, 11) is 0. The first-order valence-electron chi connectivity index (χ1n) is 6.09. The number of para-hydroxylation sites is 1. The van der Waals surface area contributed by atoms with E-state index in [0.717, 1.165) is 17.7 Å². The van der Waals surface area contributed by atoms with Gasteiger partial charge in [0.05, 0.1) is 5.69 Å². The Balaban J connectivity index is 2.21. The van der Waals surface area contributed by atoms with Gasteiger partial charge in [0.15, 0.2) is 0 Å². The molecule has 0 amide bonds. The second-order valence-electron chi connectivity index (χ2n) is 4.12. The molecule has 96 valence electrons. The molecule has 0 aromatic heterocycles. The second-order valence-corrected chi connectivity index (χ2v) is 4.12. The fourth-order valence-corrected chi connectivity index (χ4v) is 1.79. The van der Waals surface area contributed by atoms with E-state index in [1.807, 2.05) is 42.5 Å². The topological polar surface area (TPSA) is 72.0 Å². The van der Waals surface area contributed by atoms with Crippen LogP contribution in [0.2, 0.25) is 0 Å². The average Bonchev–Trinajstić information content (AvgIpc) is 2.51. The number of nitrogens with zero attached hydrogens (tertiary/aromatic N) is 3. The van der Waals surface area contributed by atoms with Gasteiger partial charge in [-0.3, -0.25) is 5.43 Å². The largest absolute Gasteiger partial charge is 0.276 e. The fraction of sp³-hybridized carbons (Fsp3) is 0.0625. The number of benzene rings is 2. The lowest BCUT2D eigenvalue weighted by molar-refractivity contribution is 1.17. The van der Waals surface area contributed by atoms with Crippen LogP contribution in [0.25, 0.3) is 0 Å². The number of nitrogens with one attached hydrogen (secondary N) is 1. The van der Waals surface area contributed by atoms with Gasteiger partial charge < -0.3 is 0 Å². The van der Waals surface area contributed by atoms with E-state index in [-0.39, 0.29) is 5.71 Å². The van der Waals surface area contributed by atoms with E-state index in [1.54, 1.807) is 12.1 Å². The molecule has 0 atom stereocenters. The van der Waals surface area contributed by atoms with Gasteiger partial charge in [0, 0.05) is 0 Å². The lowest BCUT2D eigenvalue weighted by atomic mass is 10.0. The minimum atomic E-state index is -0.195. The van der Waals surface area contributed by atoms with Gasteiger partial charge in [-0.1, -0.05) is 48.5 Å². The van der Waals surface area contributed by atoms with Crippen molar-refractivity contribution >= 4 is 11.4 Å². The van der Waals surface area contributed by atoms with Gasteiger partial charge in [-0.2, -0.15) is 15.6 Å². The van der Waals surface area contributed by atoms with E-state index in [2.05, 4.69) is 22.7 Å². The van der Waals surface area contributed by atoms with Gasteiger partial charge in [-0.15, -0.1) is 0 Å². The highest BCUT2D eigenvalue weighted by Gasteiger charge is 2.02. The molecule has 0 spiro atoms. The quantitative estimate of drug-likeness (QED) is 0.678. The Morgan fingerprint density at radius 2 is 1.60 bits per heavy atom. The number of anilines is 1. The third kappa shape index (κ3) is 3.44. The van der Waals surface area contributed by atoms with Gasteiger partial charge in [-0.25, -0.2) is 0 Å². The summed E-state index contributed by atoms with van der Waals surface area (Å²) in [6.07, 6.45) is 0.758. The second kappa shape index (κ2) is 6.72. The first-order valence-corrected chi connectivity index (χ1v) is 6.09. The molecule has 2 aromatic rings. The number of hydrogen-bond donors (Lipinski definition) is 1. The van der Waals surface area contributed by atoms with Crippen molar-refractivity contribution in [1.82, 2.24) is 0 Å². The standard InChI is InChI=1S/C16H12N4/c17-11-15(12-18)19-20-16-9-5-4-8-14(16)10-13-6-2-1-3-7-13/h1-9,20H,10H2. The fourth-order valence-electron chi connectivity index (χ4n) is 1.79. The van der Waals surface area contributed by atoms with Crippen molar-refractivity contribution in [3.05, 3.63) is 65.7 Å². The number of hydrazone groups is 1. The van der Waals surface area contributed by atoms with E-state index in [4.69, 9.17) is 10.5 Å². The van der Waals surface area contributed by atoms with E-state index < -0.39 is 0 Å². The van der Waals surface area contributed by atoms with Crippen molar-refractivity contribution in [3.8, 4) is 12.1 Å². The molecule has 20 heavy (non-hydrogen) atoms. The Bertz CT molecular complexity index is 674. The molecule has 0 aliphatic carbocycles. The SMILES string of the molecule is N#CC(C#N)=NNc1ccccc1Cc1ccccc1. The van der Waals surface area contributed by atoms with E-state index >= 15 is 0 Å². The average molecular weight is 260 g/mol. The molecule has 0 aliphatic rings. The molecule has 0 fully saturated rings. The molecule has 2 aromatic carbocycles. The summed E-state index contributed by atoms with van der Waals surface area (Å²) in [6.45, 7) is 0. The Morgan fingerprint density at radius 1 is 0.950 bits per heavy atom. The third-order valence-corrected chi connectivity index (χ3v) is 2.75. The lowest BCUT2D eigenvalue weighted by Crippen LogP contribution is -2.00. The van der Waals surface area contributed by atoms with Gasteiger partial charge in [0.2, 0.25) is 5.71 Å². The zero-order chi connectivity index (χ0) is 14.2. The molecule has 0 saturated heterocycles. The minimum Gasteiger partial charge on any atom is -0.276 e. The Kier molecular flexibility index (Phi) is 4.48. The van der Waals surface area contributed by atoms with Gasteiger partial charge in [-0.05, 0) is 23.6 Å².